The summed E-state index contributed by atoms with van der Waals surface area (Å²) in [5.41, 5.74) is 0.971. The Morgan fingerprint density at radius 1 is 1.29 bits per heavy atom. The number of nitrogens with one attached hydrogen (secondary N) is 1. The van der Waals surface area contributed by atoms with E-state index in [0.717, 1.165) is 11.4 Å². The quantitative estimate of drug-likeness (QED) is 0.799. The maximum absolute atomic E-state index is 5.72. The summed E-state index contributed by atoms with van der Waals surface area (Å²) in [5.74, 6) is 1.33. The van der Waals surface area contributed by atoms with Gasteiger partial charge in [0.1, 0.15) is 5.75 Å². The van der Waals surface area contributed by atoms with Gasteiger partial charge in [0.25, 0.3) is 0 Å². The molecular weight excluding hydrogens is 176 g/mol. The van der Waals surface area contributed by atoms with Crippen LogP contribution in [0, 0.1) is 5.92 Å². The molecule has 1 rings (SSSR count). The van der Waals surface area contributed by atoms with Crippen LogP contribution in [0.25, 0.3) is 0 Å². The summed E-state index contributed by atoms with van der Waals surface area (Å²) in [6.07, 6.45) is 3.72. The van der Waals surface area contributed by atoms with E-state index in [-0.39, 0.29) is 6.10 Å². The molecule has 1 unspecified atom stereocenters. The number of nitrogens with zero attached hydrogens (tertiary/aromatic N) is 1. The lowest BCUT2D eigenvalue weighted by Gasteiger charge is -2.18. The zero-order chi connectivity index (χ0) is 10.6. The van der Waals surface area contributed by atoms with Gasteiger partial charge < -0.3 is 10.1 Å². The van der Waals surface area contributed by atoms with Crippen LogP contribution in [0.3, 0.4) is 0 Å². The molecule has 14 heavy (non-hydrogen) atoms. The first-order chi connectivity index (χ1) is 6.63. The SMILES string of the molecule is CNc1cncc(OC(C)C(C)C)c1. The third-order valence-corrected chi connectivity index (χ3v) is 2.26. The molecule has 0 aliphatic carbocycles. The molecule has 0 bridgehead atoms. The van der Waals surface area contributed by atoms with Crippen LogP contribution in [-0.2, 0) is 0 Å². The Balaban J connectivity index is 2.66. The highest BCUT2D eigenvalue weighted by Crippen LogP contribution is 2.18. The Morgan fingerprint density at radius 3 is 2.57 bits per heavy atom. The zero-order valence-electron chi connectivity index (χ0n) is 9.24. The molecular formula is C11H18N2O. The second kappa shape index (κ2) is 4.84. The molecule has 0 aromatic carbocycles. The first-order valence-corrected chi connectivity index (χ1v) is 4.93. The number of rotatable bonds is 4. The minimum absolute atomic E-state index is 0.212. The van der Waals surface area contributed by atoms with E-state index in [9.17, 15) is 0 Å². The molecule has 1 atom stereocenters. The van der Waals surface area contributed by atoms with Crippen molar-refractivity contribution in [3.63, 3.8) is 0 Å². The molecule has 1 aromatic rings. The highest BCUT2D eigenvalue weighted by atomic mass is 16.5. The topological polar surface area (TPSA) is 34.2 Å². The molecule has 3 heteroatoms. The van der Waals surface area contributed by atoms with Crippen LogP contribution in [0.4, 0.5) is 5.69 Å². The van der Waals surface area contributed by atoms with Crippen LogP contribution in [-0.4, -0.2) is 18.1 Å². The van der Waals surface area contributed by atoms with Crippen molar-refractivity contribution < 1.29 is 4.74 Å². The monoisotopic (exact) mass is 194 g/mol. The van der Waals surface area contributed by atoms with Gasteiger partial charge in [0.05, 0.1) is 24.2 Å². The van der Waals surface area contributed by atoms with Gasteiger partial charge in [0.2, 0.25) is 0 Å². The van der Waals surface area contributed by atoms with E-state index in [1.807, 2.05) is 13.1 Å². The van der Waals surface area contributed by atoms with E-state index in [1.54, 1.807) is 12.4 Å². The normalized spacial score (nSPS) is 12.6. The highest BCUT2D eigenvalue weighted by Gasteiger charge is 2.08. The lowest BCUT2D eigenvalue weighted by atomic mass is 10.1. The highest BCUT2D eigenvalue weighted by molar-refractivity contribution is 5.44. The maximum atomic E-state index is 5.72. The van der Waals surface area contributed by atoms with Gasteiger partial charge in [0, 0.05) is 13.1 Å². The van der Waals surface area contributed by atoms with E-state index < -0.39 is 0 Å². The smallest absolute Gasteiger partial charge is 0.140 e. The molecule has 0 radical (unpaired) electrons. The molecule has 0 saturated heterocycles. The van der Waals surface area contributed by atoms with Gasteiger partial charge in [0.15, 0.2) is 0 Å². The summed E-state index contributed by atoms with van der Waals surface area (Å²) in [4.78, 5) is 4.08. The molecule has 0 fully saturated rings. The second-order valence-electron chi connectivity index (χ2n) is 3.73. The third kappa shape index (κ3) is 2.91. The largest absolute Gasteiger partial charge is 0.489 e. The molecule has 0 saturated carbocycles. The van der Waals surface area contributed by atoms with E-state index >= 15 is 0 Å². The molecule has 0 aliphatic heterocycles. The minimum Gasteiger partial charge on any atom is -0.489 e. The van der Waals surface area contributed by atoms with Crippen LogP contribution in [0.5, 0.6) is 5.75 Å². The summed E-state index contributed by atoms with van der Waals surface area (Å²) < 4.78 is 5.72. The fourth-order valence-electron chi connectivity index (χ4n) is 0.971. The van der Waals surface area contributed by atoms with Crippen molar-refractivity contribution >= 4 is 5.69 Å². The minimum atomic E-state index is 0.212. The van der Waals surface area contributed by atoms with Crippen LogP contribution >= 0.6 is 0 Å². The van der Waals surface area contributed by atoms with Crippen molar-refractivity contribution in [3.05, 3.63) is 18.5 Å². The first kappa shape index (κ1) is 10.8. The number of anilines is 1. The number of hydrogen-bond acceptors (Lipinski definition) is 3. The van der Waals surface area contributed by atoms with Gasteiger partial charge in [-0.1, -0.05) is 13.8 Å². The Kier molecular flexibility index (Phi) is 3.74. The average molecular weight is 194 g/mol. The zero-order valence-corrected chi connectivity index (χ0v) is 9.24. The van der Waals surface area contributed by atoms with E-state index in [4.69, 9.17) is 4.74 Å². The van der Waals surface area contributed by atoms with Crippen LogP contribution in [0.15, 0.2) is 18.5 Å². The summed E-state index contributed by atoms with van der Waals surface area (Å²) in [7, 11) is 1.87. The summed E-state index contributed by atoms with van der Waals surface area (Å²) >= 11 is 0. The Bertz CT molecular complexity index is 286. The van der Waals surface area contributed by atoms with Crippen LogP contribution in [0.1, 0.15) is 20.8 Å². The second-order valence-corrected chi connectivity index (χ2v) is 3.73. The van der Waals surface area contributed by atoms with Crippen molar-refractivity contribution in [1.82, 2.24) is 4.98 Å². The summed E-state index contributed by atoms with van der Waals surface area (Å²) in [6.45, 7) is 6.34. The van der Waals surface area contributed by atoms with Crippen molar-refractivity contribution in [1.29, 1.82) is 0 Å². The van der Waals surface area contributed by atoms with Gasteiger partial charge in [-0.25, -0.2) is 0 Å². The summed E-state index contributed by atoms with van der Waals surface area (Å²) in [5, 5.41) is 3.03. The molecule has 1 heterocycles. The molecule has 3 nitrogen and oxygen atoms in total. The van der Waals surface area contributed by atoms with E-state index in [2.05, 4.69) is 31.1 Å². The molecule has 1 N–H and O–H groups in total. The van der Waals surface area contributed by atoms with Gasteiger partial charge in [-0.05, 0) is 12.8 Å². The average Bonchev–Trinajstić information content (AvgIpc) is 2.18. The van der Waals surface area contributed by atoms with Gasteiger partial charge in [-0.15, -0.1) is 0 Å². The predicted octanol–water partition coefficient (Wildman–Crippen LogP) is 2.55. The van der Waals surface area contributed by atoms with Gasteiger partial charge >= 0.3 is 0 Å². The number of ether oxygens (including phenoxy) is 1. The van der Waals surface area contributed by atoms with Crippen molar-refractivity contribution in [3.8, 4) is 5.75 Å². The molecule has 0 amide bonds. The predicted molar refractivity (Wildman–Crippen MR) is 58.7 cm³/mol. The number of pyridine rings is 1. The summed E-state index contributed by atoms with van der Waals surface area (Å²) in [6, 6.07) is 1.95. The lowest BCUT2D eigenvalue weighted by molar-refractivity contribution is 0.170. The Morgan fingerprint density at radius 2 is 2.00 bits per heavy atom. The first-order valence-electron chi connectivity index (χ1n) is 4.93. The fourth-order valence-corrected chi connectivity index (χ4v) is 0.971. The van der Waals surface area contributed by atoms with Crippen molar-refractivity contribution in [2.24, 2.45) is 5.92 Å². The molecule has 0 spiro atoms. The van der Waals surface area contributed by atoms with E-state index in [0.29, 0.717) is 5.92 Å². The fraction of sp³-hybridized carbons (Fsp3) is 0.545. The van der Waals surface area contributed by atoms with Crippen LogP contribution in [0.2, 0.25) is 0 Å². The lowest BCUT2D eigenvalue weighted by Crippen LogP contribution is -2.18. The Labute approximate surface area is 85.5 Å². The number of hydrogen-bond donors (Lipinski definition) is 1. The van der Waals surface area contributed by atoms with Gasteiger partial charge in [-0.2, -0.15) is 0 Å². The molecule has 78 valence electrons. The van der Waals surface area contributed by atoms with Crippen molar-refractivity contribution in [2.75, 3.05) is 12.4 Å². The third-order valence-electron chi connectivity index (χ3n) is 2.26. The van der Waals surface area contributed by atoms with Crippen molar-refractivity contribution in [2.45, 2.75) is 26.9 Å². The van der Waals surface area contributed by atoms with E-state index in [1.165, 1.54) is 0 Å². The maximum Gasteiger partial charge on any atom is 0.140 e. The number of aromatic nitrogens is 1. The van der Waals surface area contributed by atoms with Crippen LogP contribution < -0.4 is 10.1 Å². The van der Waals surface area contributed by atoms with Gasteiger partial charge in [-0.3, -0.25) is 4.98 Å². The standard InChI is InChI=1S/C11H18N2O/c1-8(2)9(3)14-11-5-10(12-4)6-13-7-11/h5-9,12H,1-4H3. The molecule has 0 aliphatic rings. The molecule has 1 aromatic heterocycles. The Hall–Kier alpha value is -1.25.